The molecule has 1 rings (SSSR count). The molecule has 1 aromatic carbocycles. The van der Waals surface area contributed by atoms with Gasteiger partial charge < -0.3 is 0 Å². The molecule has 0 atom stereocenters. The molecular weight excluding hydrogens is 156 g/mol. The van der Waals surface area contributed by atoms with E-state index in [-0.39, 0.29) is 0 Å². The minimum Gasteiger partial charge on any atom is -0.0843 e. The normalized spacial score (nSPS) is 9.73. The molecule has 0 amide bonds. The smallest absolute Gasteiger partial charge is 0.0409 e. The van der Waals surface area contributed by atoms with Gasteiger partial charge in [-0.3, -0.25) is 0 Å². The van der Waals surface area contributed by atoms with E-state index in [1.807, 2.05) is 19.9 Å². The topological polar surface area (TPSA) is 0 Å². The summed E-state index contributed by atoms with van der Waals surface area (Å²) in [5, 5.41) is 0.617. The molecule has 0 unspecified atom stereocenters. The lowest BCUT2D eigenvalue weighted by atomic mass is 10.1. The largest absolute Gasteiger partial charge is 0.0843 e. The average Bonchev–Trinajstić information content (AvgIpc) is 1.94. The van der Waals surface area contributed by atoms with Crippen molar-refractivity contribution in [1.82, 2.24) is 0 Å². The highest BCUT2D eigenvalue weighted by molar-refractivity contribution is 6.48. The maximum Gasteiger partial charge on any atom is 0.0409 e. The number of hydrogen-bond acceptors (Lipinski definition) is 0. The van der Waals surface area contributed by atoms with Crippen LogP contribution in [0.3, 0.4) is 0 Å². The molecule has 0 aliphatic carbocycles. The number of rotatable bonds is 1. The lowest BCUT2D eigenvalue weighted by molar-refractivity contribution is 1.37. The fourth-order valence-electron chi connectivity index (χ4n) is 1.03. The highest BCUT2D eigenvalue weighted by Crippen LogP contribution is 2.21. The highest BCUT2D eigenvalue weighted by Gasteiger charge is 1.99. The minimum absolute atomic E-state index is 0.617. The molecule has 0 aliphatic rings. The third-order valence-electron chi connectivity index (χ3n) is 1.69. The quantitative estimate of drug-likeness (QED) is 0.599. The summed E-state index contributed by atoms with van der Waals surface area (Å²) in [5.41, 5.74) is 3.44. The van der Waals surface area contributed by atoms with Crippen molar-refractivity contribution >= 4 is 16.6 Å². The zero-order valence-corrected chi connectivity index (χ0v) is 7.57. The van der Waals surface area contributed by atoms with Gasteiger partial charge >= 0.3 is 0 Å². The third-order valence-corrected chi connectivity index (χ3v) is 1.89. The van der Waals surface area contributed by atoms with Crippen LogP contribution in [0.15, 0.2) is 24.8 Å². The van der Waals surface area contributed by atoms with Gasteiger partial charge in [0, 0.05) is 5.03 Å². The van der Waals surface area contributed by atoms with Crippen LogP contribution in [0.4, 0.5) is 0 Å². The van der Waals surface area contributed by atoms with Crippen LogP contribution in [-0.2, 0) is 0 Å². The number of benzene rings is 1. The first kappa shape index (κ1) is 8.35. The summed E-state index contributed by atoms with van der Waals surface area (Å²) in [4.78, 5) is 0. The van der Waals surface area contributed by atoms with Crippen LogP contribution in [0, 0.1) is 13.8 Å². The van der Waals surface area contributed by atoms with Gasteiger partial charge in [0.05, 0.1) is 0 Å². The Morgan fingerprint density at radius 2 is 2.00 bits per heavy atom. The van der Waals surface area contributed by atoms with Crippen molar-refractivity contribution in [1.29, 1.82) is 0 Å². The number of halogens is 1. The first-order valence-electron chi connectivity index (χ1n) is 3.53. The first-order chi connectivity index (χ1) is 5.11. The maximum absolute atomic E-state index is 5.79. The van der Waals surface area contributed by atoms with E-state index in [2.05, 4.69) is 18.7 Å². The molecule has 0 saturated carbocycles. The van der Waals surface area contributed by atoms with E-state index in [9.17, 15) is 0 Å². The van der Waals surface area contributed by atoms with Crippen LogP contribution in [0.2, 0.25) is 0 Å². The second kappa shape index (κ2) is 3.10. The van der Waals surface area contributed by atoms with Crippen LogP contribution >= 0.6 is 11.6 Å². The molecule has 0 aliphatic heterocycles. The van der Waals surface area contributed by atoms with E-state index < -0.39 is 0 Å². The van der Waals surface area contributed by atoms with Crippen molar-refractivity contribution in [3.63, 3.8) is 0 Å². The van der Waals surface area contributed by atoms with Crippen LogP contribution in [0.25, 0.3) is 5.03 Å². The molecule has 0 N–H and O–H groups in total. The predicted molar refractivity (Wildman–Crippen MR) is 50.8 cm³/mol. The van der Waals surface area contributed by atoms with Gasteiger partial charge in [-0.25, -0.2) is 0 Å². The van der Waals surface area contributed by atoms with E-state index in [0.717, 1.165) is 5.56 Å². The van der Waals surface area contributed by atoms with Gasteiger partial charge in [0.15, 0.2) is 0 Å². The van der Waals surface area contributed by atoms with Gasteiger partial charge in [0.2, 0.25) is 0 Å². The minimum atomic E-state index is 0.617. The maximum atomic E-state index is 5.79. The average molecular weight is 167 g/mol. The van der Waals surface area contributed by atoms with E-state index in [1.54, 1.807) is 0 Å². The summed E-state index contributed by atoms with van der Waals surface area (Å²) in [7, 11) is 0. The molecule has 58 valence electrons. The Balaban J connectivity index is 3.23. The predicted octanol–water partition coefficient (Wildman–Crippen LogP) is 3.51. The Labute approximate surface area is 72.5 Å². The van der Waals surface area contributed by atoms with Crippen molar-refractivity contribution in [3.05, 3.63) is 41.5 Å². The van der Waals surface area contributed by atoms with E-state index in [0.29, 0.717) is 5.03 Å². The molecule has 1 aromatic rings. The van der Waals surface area contributed by atoms with E-state index in [4.69, 9.17) is 11.6 Å². The molecule has 0 bridgehead atoms. The van der Waals surface area contributed by atoms with Crippen LogP contribution < -0.4 is 0 Å². The first-order valence-corrected chi connectivity index (χ1v) is 3.91. The van der Waals surface area contributed by atoms with Gasteiger partial charge in [0.25, 0.3) is 0 Å². The summed E-state index contributed by atoms with van der Waals surface area (Å²) in [6.45, 7) is 7.77. The Hall–Kier alpha value is -0.750. The van der Waals surface area contributed by atoms with Gasteiger partial charge in [-0.2, -0.15) is 0 Å². The Bertz CT molecular complexity index is 287. The molecule has 0 nitrogen and oxygen atoms in total. The zero-order valence-electron chi connectivity index (χ0n) is 6.82. The van der Waals surface area contributed by atoms with Crippen molar-refractivity contribution in [2.24, 2.45) is 0 Å². The number of hydrogen-bond donors (Lipinski definition) is 0. The van der Waals surface area contributed by atoms with Crippen molar-refractivity contribution in [2.45, 2.75) is 13.8 Å². The van der Waals surface area contributed by atoms with Crippen LogP contribution in [0.5, 0.6) is 0 Å². The summed E-state index contributed by atoms with van der Waals surface area (Å²) in [6.07, 6.45) is 0. The monoisotopic (exact) mass is 166 g/mol. The summed E-state index contributed by atoms with van der Waals surface area (Å²) < 4.78 is 0. The number of aryl methyl sites for hydroxylation is 2. The summed E-state index contributed by atoms with van der Waals surface area (Å²) >= 11 is 5.79. The lowest BCUT2D eigenvalue weighted by Gasteiger charge is -2.03. The van der Waals surface area contributed by atoms with Crippen molar-refractivity contribution in [2.75, 3.05) is 0 Å². The third kappa shape index (κ3) is 1.84. The van der Waals surface area contributed by atoms with Crippen LogP contribution in [0.1, 0.15) is 16.7 Å². The SMILES string of the molecule is C=C(Cl)c1cc(C)ccc1C. The Morgan fingerprint density at radius 3 is 2.45 bits per heavy atom. The molecule has 0 aromatic heterocycles. The molecule has 0 saturated heterocycles. The molecule has 0 fully saturated rings. The molecule has 0 spiro atoms. The van der Waals surface area contributed by atoms with Gasteiger partial charge in [-0.15, -0.1) is 0 Å². The molecule has 1 heteroatoms. The fourth-order valence-corrected chi connectivity index (χ4v) is 1.23. The lowest BCUT2D eigenvalue weighted by Crippen LogP contribution is -1.83. The standard InChI is InChI=1S/C10H11Cl/c1-7-4-5-8(2)10(6-7)9(3)11/h4-6H,3H2,1-2H3. The Morgan fingerprint density at radius 1 is 1.36 bits per heavy atom. The molecule has 0 radical (unpaired) electrons. The second-order valence-corrected chi connectivity index (χ2v) is 3.18. The van der Waals surface area contributed by atoms with Gasteiger partial charge in [-0.1, -0.05) is 41.9 Å². The van der Waals surface area contributed by atoms with Crippen molar-refractivity contribution < 1.29 is 0 Å². The van der Waals surface area contributed by atoms with E-state index >= 15 is 0 Å². The van der Waals surface area contributed by atoms with Crippen LogP contribution in [-0.4, -0.2) is 0 Å². The molecule has 11 heavy (non-hydrogen) atoms. The molecular formula is C10H11Cl. The van der Waals surface area contributed by atoms with Gasteiger partial charge in [-0.05, 0) is 25.0 Å². The highest BCUT2D eigenvalue weighted by atomic mass is 35.5. The van der Waals surface area contributed by atoms with Crippen molar-refractivity contribution in [3.8, 4) is 0 Å². The van der Waals surface area contributed by atoms with Gasteiger partial charge in [0.1, 0.15) is 0 Å². The second-order valence-electron chi connectivity index (χ2n) is 2.72. The fraction of sp³-hybridized carbons (Fsp3) is 0.200. The summed E-state index contributed by atoms with van der Waals surface area (Å²) in [5.74, 6) is 0. The van der Waals surface area contributed by atoms with E-state index in [1.165, 1.54) is 11.1 Å². The molecule has 0 heterocycles. The summed E-state index contributed by atoms with van der Waals surface area (Å²) in [6, 6.07) is 6.17. The Kier molecular flexibility index (Phi) is 2.35. The zero-order chi connectivity index (χ0) is 8.43.